The maximum atomic E-state index is 11.6. The van der Waals surface area contributed by atoms with Gasteiger partial charge in [0.15, 0.2) is 0 Å². The second-order valence-electron chi connectivity index (χ2n) is 3.81. The summed E-state index contributed by atoms with van der Waals surface area (Å²) >= 11 is 0.667. The fourth-order valence-corrected chi connectivity index (χ4v) is 1.62. The largest absolute Gasteiger partial charge is 0.481 e. The maximum Gasteiger partial charge on any atom is 0.352 e. The summed E-state index contributed by atoms with van der Waals surface area (Å²) in [7, 11) is 0. The molecule has 0 aromatic heterocycles. The van der Waals surface area contributed by atoms with E-state index < -0.39 is 46.6 Å². The van der Waals surface area contributed by atoms with Gasteiger partial charge in [0.1, 0.15) is 11.4 Å². The monoisotopic (exact) mass is 310 g/mol. The van der Waals surface area contributed by atoms with Gasteiger partial charge in [-0.2, -0.15) is 0 Å². The molecule has 4 N–H and O–H groups in total. The summed E-state index contributed by atoms with van der Waals surface area (Å²) in [5.41, 5.74) is -4.31. The first kappa shape index (κ1) is 18.2. The molecule has 0 aromatic carbocycles. The van der Waals surface area contributed by atoms with Gasteiger partial charge >= 0.3 is 23.9 Å². The Morgan fingerprint density at radius 1 is 1.15 bits per heavy atom. The number of carbonyl (C=O) groups is 4. The number of ether oxygens (including phenoxy) is 1. The Kier molecular flexibility index (Phi) is 6.46. The molecule has 20 heavy (non-hydrogen) atoms. The number of aliphatic carboxylic acids is 3. The Labute approximate surface area is 117 Å². The van der Waals surface area contributed by atoms with E-state index in [1.54, 1.807) is 0 Å². The van der Waals surface area contributed by atoms with Gasteiger partial charge in [0.25, 0.3) is 5.60 Å². The van der Waals surface area contributed by atoms with E-state index in [0.29, 0.717) is 11.8 Å². The molecule has 0 rings (SSSR count). The van der Waals surface area contributed by atoms with E-state index >= 15 is 0 Å². The van der Waals surface area contributed by atoms with Gasteiger partial charge in [-0.15, -0.1) is 11.8 Å². The number of carboxylic acid groups (broad SMARTS) is 3. The van der Waals surface area contributed by atoms with E-state index in [-0.39, 0.29) is 0 Å². The molecule has 0 aromatic rings. The Bertz CT molecular complexity index is 421. The molecule has 0 saturated heterocycles. The summed E-state index contributed by atoms with van der Waals surface area (Å²) in [4.78, 5) is 43.6. The molecule has 3 atom stereocenters. The van der Waals surface area contributed by atoms with Crippen LogP contribution in [0.5, 0.6) is 0 Å². The molecule has 0 amide bonds. The highest BCUT2D eigenvalue weighted by Crippen LogP contribution is 2.23. The predicted molar refractivity (Wildman–Crippen MR) is 65.0 cm³/mol. The molecule has 3 unspecified atom stereocenters. The quantitative estimate of drug-likeness (QED) is 0.255. The van der Waals surface area contributed by atoms with Crippen LogP contribution in [-0.2, 0) is 23.9 Å². The number of hydrogen-bond donors (Lipinski definition) is 4. The Balaban J connectivity index is 4.96. The first-order valence-electron chi connectivity index (χ1n) is 5.26. The molecular weight excluding hydrogens is 296 g/mol. The van der Waals surface area contributed by atoms with Crippen LogP contribution < -0.4 is 0 Å². The van der Waals surface area contributed by atoms with Gasteiger partial charge in [-0.1, -0.05) is 0 Å². The Morgan fingerprint density at radius 2 is 1.65 bits per heavy atom. The third-order valence-corrected chi connectivity index (χ3v) is 3.33. The first-order valence-corrected chi connectivity index (χ1v) is 6.31. The predicted octanol–water partition coefficient (Wildman–Crippen LogP) is -0.770. The highest BCUT2D eigenvalue weighted by molar-refractivity contribution is 8.00. The third-order valence-electron chi connectivity index (χ3n) is 2.35. The Morgan fingerprint density at radius 3 is 2.00 bits per heavy atom. The second-order valence-corrected chi connectivity index (χ2v) is 5.10. The fourth-order valence-electron chi connectivity index (χ4n) is 1.09. The van der Waals surface area contributed by atoms with Gasteiger partial charge in [0.05, 0.1) is 5.75 Å². The van der Waals surface area contributed by atoms with Crippen molar-refractivity contribution in [2.75, 3.05) is 5.75 Å². The lowest BCUT2D eigenvalue weighted by molar-refractivity contribution is -0.191. The van der Waals surface area contributed by atoms with Gasteiger partial charge < -0.3 is 25.2 Å². The van der Waals surface area contributed by atoms with Crippen molar-refractivity contribution in [3.8, 4) is 0 Å². The minimum atomic E-state index is -3.25. The molecular formula is C10H14O9S. The highest BCUT2D eigenvalue weighted by Gasteiger charge is 2.54. The van der Waals surface area contributed by atoms with E-state index in [1.807, 2.05) is 0 Å². The molecule has 0 saturated carbocycles. The standard InChI is InChI=1S/C10H14O9S/c1-4(7(13)14)10(18,8(15)16)9(17)19-5(2)20-3-6(11)12/h4-5,18H,3H2,1-2H3,(H,11,12)(H,13,14)(H,15,16). The first-order chi connectivity index (χ1) is 9.03. The number of rotatable bonds is 8. The number of hydrogen-bond acceptors (Lipinski definition) is 7. The lowest BCUT2D eigenvalue weighted by Gasteiger charge is -2.26. The van der Waals surface area contributed by atoms with E-state index in [2.05, 4.69) is 4.74 Å². The van der Waals surface area contributed by atoms with E-state index in [0.717, 1.165) is 6.92 Å². The zero-order valence-electron chi connectivity index (χ0n) is 10.6. The molecule has 0 radical (unpaired) electrons. The minimum Gasteiger partial charge on any atom is -0.481 e. The topological polar surface area (TPSA) is 158 Å². The fraction of sp³-hybridized carbons (Fsp3) is 0.600. The van der Waals surface area contributed by atoms with E-state index in [4.69, 9.17) is 15.3 Å². The number of esters is 1. The zero-order valence-corrected chi connectivity index (χ0v) is 11.4. The molecule has 114 valence electrons. The summed E-state index contributed by atoms with van der Waals surface area (Å²) in [6.45, 7) is 2.10. The molecule has 10 heteroatoms. The number of thioether (sulfide) groups is 1. The molecule has 9 nitrogen and oxygen atoms in total. The molecule has 0 spiro atoms. The van der Waals surface area contributed by atoms with Gasteiger partial charge in [0.2, 0.25) is 0 Å². The van der Waals surface area contributed by atoms with Crippen LogP contribution in [0.3, 0.4) is 0 Å². The van der Waals surface area contributed by atoms with Crippen molar-refractivity contribution in [1.82, 2.24) is 0 Å². The molecule has 0 aliphatic carbocycles. The van der Waals surface area contributed by atoms with Crippen LogP contribution >= 0.6 is 11.8 Å². The van der Waals surface area contributed by atoms with Crippen LogP contribution in [0.2, 0.25) is 0 Å². The average molecular weight is 310 g/mol. The van der Waals surface area contributed by atoms with Crippen molar-refractivity contribution < 1.29 is 44.3 Å². The number of carbonyl (C=O) groups excluding carboxylic acids is 1. The van der Waals surface area contributed by atoms with Crippen LogP contribution in [0, 0.1) is 5.92 Å². The van der Waals surface area contributed by atoms with Crippen molar-refractivity contribution in [3.63, 3.8) is 0 Å². The second kappa shape index (κ2) is 7.10. The van der Waals surface area contributed by atoms with Crippen molar-refractivity contribution in [2.45, 2.75) is 24.9 Å². The summed E-state index contributed by atoms with van der Waals surface area (Å²) in [6, 6.07) is 0. The smallest absolute Gasteiger partial charge is 0.352 e. The Hall–Kier alpha value is -1.81. The van der Waals surface area contributed by atoms with Crippen LogP contribution in [-0.4, -0.2) is 61.1 Å². The molecule has 0 aliphatic rings. The SMILES string of the molecule is CC(OC(=O)C(O)(C(=O)O)C(C)C(=O)O)SCC(=O)O. The van der Waals surface area contributed by atoms with Crippen molar-refractivity contribution in [1.29, 1.82) is 0 Å². The summed E-state index contributed by atoms with van der Waals surface area (Å²) in [5.74, 6) is -8.95. The summed E-state index contributed by atoms with van der Waals surface area (Å²) in [5, 5.41) is 35.7. The lowest BCUT2D eigenvalue weighted by Crippen LogP contribution is -2.55. The average Bonchev–Trinajstić information content (AvgIpc) is 2.33. The summed E-state index contributed by atoms with van der Waals surface area (Å²) in [6.07, 6.45) is 0. The van der Waals surface area contributed by atoms with Gasteiger partial charge in [-0.05, 0) is 13.8 Å². The van der Waals surface area contributed by atoms with Crippen molar-refractivity contribution >= 4 is 35.6 Å². The van der Waals surface area contributed by atoms with Gasteiger partial charge in [-0.3, -0.25) is 9.59 Å². The van der Waals surface area contributed by atoms with E-state index in [1.165, 1.54) is 6.92 Å². The minimum absolute atomic E-state index is 0.408. The van der Waals surface area contributed by atoms with Crippen LogP contribution in [0.25, 0.3) is 0 Å². The van der Waals surface area contributed by atoms with E-state index in [9.17, 15) is 24.3 Å². The third kappa shape index (κ3) is 4.38. The maximum absolute atomic E-state index is 11.6. The highest BCUT2D eigenvalue weighted by atomic mass is 32.2. The summed E-state index contributed by atoms with van der Waals surface area (Å²) < 4.78 is 4.57. The van der Waals surface area contributed by atoms with Gasteiger partial charge in [-0.25, -0.2) is 9.59 Å². The zero-order chi connectivity index (χ0) is 16.1. The molecule has 0 aliphatic heterocycles. The van der Waals surface area contributed by atoms with Crippen molar-refractivity contribution in [2.24, 2.45) is 5.92 Å². The van der Waals surface area contributed by atoms with Crippen LogP contribution in [0.15, 0.2) is 0 Å². The van der Waals surface area contributed by atoms with Gasteiger partial charge in [0, 0.05) is 0 Å². The van der Waals surface area contributed by atoms with Crippen LogP contribution in [0.4, 0.5) is 0 Å². The lowest BCUT2D eigenvalue weighted by atomic mass is 9.89. The molecule has 0 fully saturated rings. The van der Waals surface area contributed by atoms with Crippen molar-refractivity contribution in [3.05, 3.63) is 0 Å². The normalized spacial score (nSPS) is 16.6. The number of carboxylic acids is 3. The van der Waals surface area contributed by atoms with Crippen LogP contribution in [0.1, 0.15) is 13.8 Å². The molecule has 0 bridgehead atoms. The number of aliphatic hydroxyl groups is 1. The molecule has 0 heterocycles.